The van der Waals surface area contributed by atoms with E-state index in [1.165, 1.54) is 17.7 Å². The number of rotatable bonds is 22. The van der Waals surface area contributed by atoms with Crippen LogP contribution in [0.3, 0.4) is 0 Å². The van der Waals surface area contributed by atoms with E-state index in [0.717, 1.165) is 56.4 Å². The number of hydroxylamine groups is 2. The predicted octanol–water partition coefficient (Wildman–Crippen LogP) is 6.01. The summed E-state index contributed by atoms with van der Waals surface area (Å²) in [7, 11) is -3.03. The SMILES string of the molecule is COCCOCCOCCN1c2cc3c(cc2C(C)=CC1(C)C)C(=CC=CC=CC=CC1=[N+](CCCCCC(=O)ON2C(=O)CCC2=O)c2ccc(S(=O)(=O)[O-])cc2C1(C)C)C=C(c1ccccc1)O3.[Na+]. The molecule has 14 nitrogen and oxygen atoms in total. The van der Waals surface area contributed by atoms with Gasteiger partial charge in [-0.2, -0.15) is 4.58 Å². The van der Waals surface area contributed by atoms with Crippen molar-refractivity contribution in [2.75, 3.05) is 58.1 Å². The van der Waals surface area contributed by atoms with Crippen molar-refractivity contribution in [1.82, 2.24) is 5.06 Å². The Kier molecular flexibility index (Phi) is 19.0. The minimum absolute atomic E-state index is 0. The fourth-order valence-corrected chi connectivity index (χ4v) is 9.76. The van der Waals surface area contributed by atoms with Gasteiger partial charge in [0.1, 0.15) is 28.2 Å². The molecule has 0 unspecified atom stereocenters. The van der Waals surface area contributed by atoms with Gasteiger partial charge in [0.15, 0.2) is 5.71 Å². The van der Waals surface area contributed by atoms with Crippen LogP contribution < -0.4 is 39.2 Å². The van der Waals surface area contributed by atoms with Crippen molar-refractivity contribution in [3.8, 4) is 5.75 Å². The molecule has 0 spiro atoms. The quantitative estimate of drug-likeness (QED) is 0.0288. The van der Waals surface area contributed by atoms with Gasteiger partial charge in [0, 0.05) is 85.5 Å². The molecule has 0 saturated carbocycles. The Bertz CT molecular complexity index is 2790. The van der Waals surface area contributed by atoms with Crippen molar-refractivity contribution in [2.45, 2.75) is 89.0 Å². The van der Waals surface area contributed by atoms with E-state index >= 15 is 0 Å². The summed E-state index contributed by atoms with van der Waals surface area (Å²) in [6.45, 7) is 14.4. The van der Waals surface area contributed by atoms with Gasteiger partial charge in [0.2, 0.25) is 5.69 Å². The normalized spacial score (nSPS) is 17.7. The maximum absolute atomic E-state index is 12.4. The van der Waals surface area contributed by atoms with Crippen molar-refractivity contribution >= 4 is 61.9 Å². The first-order valence-electron chi connectivity index (χ1n) is 23.8. The second-order valence-electron chi connectivity index (χ2n) is 18.6. The zero-order chi connectivity index (χ0) is 50.1. The van der Waals surface area contributed by atoms with E-state index in [0.29, 0.717) is 70.4 Å². The van der Waals surface area contributed by atoms with Crippen LogP contribution in [0.15, 0.2) is 120 Å². The van der Waals surface area contributed by atoms with Crippen LogP contribution >= 0.6 is 0 Å². The van der Waals surface area contributed by atoms with Gasteiger partial charge in [0.25, 0.3) is 11.8 Å². The van der Waals surface area contributed by atoms with Gasteiger partial charge in [0.05, 0.1) is 48.9 Å². The molecule has 4 aliphatic heterocycles. The predicted molar refractivity (Wildman–Crippen MR) is 268 cm³/mol. The minimum Gasteiger partial charge on any atom is -0.744 e. The molecule has 7 rings (SSSR count). The van der Waals surface area contributed by atoms with E-state index in [1.54, 1.807) is 13.2 Å². The standard InChI is InChI=1S/C55H63N3O11S.Na/c1-39-38-54(2,3)57(28-29-66-32-33-67-31-30-65-6)47-37-49-44(36-43(39)47)41(34-48(68-49)40-18-13-10-14-19-40)20-12-8-7-9-15-21-50-55(4,5)45-35-42(70(62,63)64)23-24-46(45)56(50)27-17-11-16-22-53(61)69-58-51(59)25-26-52(58)60;/h7-10,12-15,18-21,23-24,34-38H,11,16-17,22,25-33H2,1-6H3;/q;+1. The number of fused-ring (bicyclic) bond motifs is 3. The van der Waals surface area contributed by atoms with Crippen molar-refractivity contribution < 1.29 is 85.3 Å². The van der Waals surface area contributed by atoms with E-state index in [2.05, 4.69) is 60.6 Å². The molecule has 1 saturated heterocycles. The largest absolute Gasteiger partial charge is 1.00 e. The Morgan fingerprint density at radius 2 is 1.54 bits per heavy atom. The molecule has 2 amide bonds. The van der Waals surface area contributed by atoms with Crippen LogP contribution in [0.5, 0.6) is 5.75 Å². The zero-order valence-corrected chi connectivity index (χ0v) is 44.7. The summed E-state index contributed by atoms with van der Waals surface area (Å²) in [5, 5.41) is 0.559. The third kappa shape index (κ3) is 13.4. The molecule has 4 aliphatic rings. The molecule has 71 heavy (non-hydrogen) atoms. The second kappa shape index (κ2) is 24.5. The Morgan fingerprint density at radius 1 is 0.845 bits per heavy atom. The number of allylic oxidation sites excluding steroid dienone is 10. The van der Waals surface area contributed by atoms with Gasteiger partial charge < -0.3 is 33.2 Å². The number of hydrogen-bond donors (Lipinski definition) is 0. The number of nitrogens with zero attached hydrogens (tertiary/aromatic N) is 3. The van der Waals surface area contributed by atoms with E-state index < -0.39 is 33.3 Å². The smallest absolute Gasteiger partial charge is 0.744 e. The fourth-order valence-electron chi connectivity index (χ4n) is 9.26. The summed E-state index contributed by atoms with van der Waals surface area (Å²) < 4.78 is 61.6. The number of carbonyl (C=O) groups excluding carboxylic acids is 3. The maximum atomic E-state index is 12.4. The van der Waals surface area contributed by atoms with Crippen molar-refractivity contribution in [3.05, 3.63) is 138 Å². The summed E-state index contributed by atoms with van der Waals surface area (Å²) >= 11 is 0. The Balaban J connectivity index is 0.00000825. The molecule has 0 bridgehead atoms. The van der Waals surface area contributed by atoms with Gasteiger partial charge in [-0.05, 0) is 82.9 Å². The van der Waals surface area contributed by atoms with E-state index in [9.17, 15) is 27.4 Å². The monoisotopic (exact) mass is 996 g/mol. The topological polar surface area (TPSA) is 164 Å². The number of hydrogen-bond acceptors (Lipinski definition) is 12. The number of ether oxygens (including phenoxy) is 4. The molecule has 0 aliphatic carbocycles. The number of anilines is 1. The van der Waals surface area contributed by atoms with Gasteiger partial charge in [-0.25, -0.2) is 13.2 Å². The number of benzene rings is 3. The van der Waals surface area contributed by atoms with Crippen molar-refractivity contribution in [2.24, 2.45) is 0 Å². The molecule has 1 fully saturated rings. The molecule has 4 heterocycles. The van der Waals surface area contributed by atoms with Crippen LogP contribution in [0.4, 0.5) is 11.4 Å². The molecular weight excluding hydrogens is 934 g/mol. The molecule has 3 aromatic carbocycles. The van der Waals surface area contributed by atoms with E-state index in [1.807, 2.05) is 80.6 Å². The molecule has 370 valence electrons. The first-order valence-corrected chi connectivity index (χ1v) is 25.2. The number of methoxy groups -OCH3 is 1. The molecule has 3 aromatic rings. The number of carbonyl (C=O) groups is 3. The number of unbranched alkanes of at least 4 members (excludes halogenated alkanes) is 2. The Morgan fingerprint density at radius 3 is 2.25 bits per heavy atom. The zero-order valence-electron chi connectivity index (χ0n) is 41.9. The molecule has 0 aromatic heterocycles. The van der Waals surface area contributed by atoms with Gasteiger partial charge in [-0.15, -0.1) is 5.06 Å². The minimum atomic E-state index is -4.68. The molecule has 0 atom stereocenters. The van der Waals surface area contributed by atoms with Crippen LogP contribution in [0.2, 0.25) is 0 Å². The van der Waals surface area contributed by atoms with Crippen molar-refractivity contribution in [3.63, 3.8) is 0 Å². The average molecular weight is 997 g/mol. The second-order valence-corrected chi connectivity index (χ2v) is 20.0. The van der Waals surface area contributed by atoms with Crippen LogP contribution in [-0.2, 0) is 49.0 Å². The van der Waals surface area contributed by atoms with E-state index in [4.69, 9.17) is 23.8 Å². The first kappa shape index (κ1) is 55.1. The summed E-state index contributed by atoms with van der Waals surface area (Å²) in [5.74, 6) is -0.170. The number of imide groups is 1. The van der Waals surface area contributed by atoms with Crippen LogP contribution in [-0.4, -0.2) is 105 Å². The van der Waals surface area contributed by atoms with Crippen LogP contribution in [0.1, 0.15) is 95.4 Å². The van der Waals surface area contributed by atoms with Crippen molar-refractivity contribution in [1.29, 1.82) is 0 Å². The van der Waals surface area contributed by atoms with Gasteiger partial charge >= 0.3 is 35.5 Å². The summed E-state index contributed by atoms with van der Waals surface area (Å²) in [6.07, 6.45) is 20.1. The number of amides is 2. The summed E-state index contributed by atoms with van der Waals surface area (Å²) in [5.41, 5.74) is 7.84. The summed E-state index contributed by atoms with van der Waals surface area (Å²) in [6, 6.07) is 18.9. The van der Waals surface area contributed by atoms with Crippen LogP contribution in [0, 0.1) is 0 Å². The maximum Gasteiger partial charge on any atom is 1.00 e. The molecule has 16 heteroatoms. The first-order chi connectivity index (χ1) is 33.5. The fraction of sp³-hybridized carbons (Fsp3) is 0.382. The Hall–Kier alpha value is -5.23. The summed E-state index contributed by atoms with van der Waals surface area (Å²) in [4.78, 5) is 43.2. The van der Waals surface area contributed by atoms with Crippen LogP contribution in [0.25, 0.3) is 16.9 Å². The van der Waals surface area contributed by atoms with Gasteiger partial charge in [-0.1, -0.05) is 72.9 Å². The molecule has 0 N–H and O–H groups in total. The van der Waals surface area contributed by atoms with Gasteiger partial charge in [-0.3, -0.25) is 9.59 Å². The Labute approximate surface area is 440 Å². The molecular formula is C55H63N3NaO11S+. The van der Waals surface area contributed by atoms with E-state index in [-0.39, 0.29) is 59.3 Å². The average Bonchev–Trinajstić information content (AvgIpc) is 3.74. The third-order valence-electron chi connectivity index (χ3n) is 12.8. The third-order valence-corrected chi connectivity index (χ3v) is 13.6. The molecule has 0 radical (unpaired) electrons.